The lowest BCUT2D eigenvalue weighted by molar-refractivity contribution is 0.107. The normalized spacial score (nSPS) is 28.2. The fourth-order valence-corrected chi connectivity index (χ4v) is 6.75. The molecule has 3 fully saturated rings. The van der Waals surface area contributed by atoms with Crippen molar-refractivity contribution in [1.29, 1.82) is 0 Å². The minimum absolute atomic E-state index is 0.349. The maximum atomic E-state index is 4.95. The SMILES string of the molecule is c1ccc(C2(CCN3C4CCC3CC(c3nc5ccccc5[nH]3)C4)CCNCC2)cc1. The van der Waals surface area contributed by atoms with E-state index in [9.17, 15) is 0 Å². The minimum Gasteiger partial charge on any atom is -0.342 e. The average Bonchev–Trinajstić information content (AvgIpc) is 3.36. The number of para-hydroxylation sites is 2. The maximum Gasteiger partial charge on any atom is 0.110 e. The third kappa shape index (κ3) is 3.60. The van der Waals surface area contributed by atoms with Crippen LogP contribution in [0.25, 0.3) is 11.0 Å². The van der Waals surface area contributed by atoms with Crippen LogP contribution in [0.5, 0.6) is 0 Å². The average molecular weight is 415 g/mol. The molecule has 2 atom stereocenters. The zero-order chi connectivity index (χ0) is 20.7. The van der Waals surface area contributed by atoms with E-state index < -0.39 is 0 Å². The highest BCUT2D eigenvalue weighted by Gasteiger charge is 2.43. The molecule has 0 aliphatic carbocycles. The van der Waals surface area contributed by atoms with E-state index in [1.807, 2.05) is 0 Å². The number of nitrogens with one attached hydrogen (secondary N) is 2. The molecule has 4 heteroatoms. The molecule has 162 valence electrons. The molecule has 3 aromatic rings. The zero-order valence-electron chi connectivity index (χ0n) is 18.4. The van der Waals surface area contributed by atoms with Gasteiger partial charge in [0.1, 0.15) is 5.82 Å². The van der Waals surface area contributed by atoms with Crippen LogP contribution in [0.4, 0.5) is 0 Å². The molecule has 3 saturated heterocycles. The van der Waals surface area contributed by atoms with Gasteiger partial charge in [-0.1, -0.05) is 42.5 Å². The lowest BCUT2D eigenvalue weighted by Gasteiger charge is -2.43. The molecule has 2 N–H and O–H groups in total. The molecule has 2 bridgehead atoms. The molecule has 3 aliphatic heterocycles. The number of rotatable bonds is 5. The molecule has 31 heavy (non-hydrogen) atoms. The number of aromatic amines is 1. The largest absolute Gasteiger partial charge is 0.342 e. The fourth-order valence-electron chi connectivity index (χ4n) is 6.75. The van der Waals surface area contributed by atoms with E-state index in [-0.39, 0.29) is 0 Å². The molecule has 4 heterocycles. The van der Waals surface area contributed by atoms with Gasteiger partial charge in [-0.05, 0) is 87.7 Å². The number of hydrogen-bond acceptors (Lipinski definition) is 3. The first-order chi connectivity index (χ1) is 15.3. The van der Waals surface area contributed by atoms with Crippen molar-refractivity contribution < 1.29 is 0 Å². The van der Waals surface area contributed by atoms with Gasteiger partial charge in [-0.25, -0.2) is 4.98 Å². The van der Waals surface area contributed by atoms with Gasteiger partial charge in [0.2, 0.25) is 0 Å². The number of H-pyrrole nitrogens is 1. The summed E-state index contributed by atoms with van der Waals surface area (Å²) < 4.78 is 0. The molecule has 0 spiro atoms. The quantitative estimate of drug-likeness (QED) is 0.618. The van der Waals surface area contributed by atoms with Crippen LogP contribution >= 0.6 is 0 Å². The molecular weight excluding hydrogens is 380 g/mol. The van der Waals surface area contributed by atoms with Gasteiger partial charge < -0.3 is 10.3 Å². The molecule has 2 unspecified atom stereocenters. The summed E-state index contributed by atoms with van der Waals surface area (Å²) in [5.74, 6) is 1.81. The number of piperidine rings is 2. The summed E-state index contributed by atoms with van der Waals surface area (Å²) in [4.78, 5) is 11.5. The highest BCUT2D eigenvalue weighted by atomic mass is 15.2. The van der Waals surface area contributed by atoms with E-state index in [2.05, 4.69) is 69.8 Å². The first-order valence-electron chi connectivity index (χ1n) is 12.3. The van der Waals surface area contributed by atoms with Crippen LogP contribution in [-0.2, 0) is 5.41 Å². The van der Waals surface area contributed by atoms with Crippen LogP contribution < -0.4 is 5.32 Å². The number of hydrogen-bond donors (Lipinski definition) is 2. The molecular formula is C27H34N4. The summed E-state index contributed by atoms with van der Waals surface area (Å²) >= 11 is 0. The second-order valence-electron chi connectivity index (χ2n) is 10.1. The lowest BCUT2D eigenvalue weighted by atomic mass is 9.70. The molecule has 6 rings (SSSR count). The van der Waals surface area contributed by atoms with E-state index in [1.165, 1.54) is 62.8 Å². The Balaban J connectivity index is 1.17. The molecule has 4 nitrogen and oxygen atoms in total. The lowest BCUT2D eigenvalue weighted by Crippen LogP contribution is -2.47. The predicted molar refractivity (Wildman–Crippen MR) is 126 cm³/mol. The Bertz CT molecular complexity index is 973. The smallest absolute Gasteiger partial charge is 0.110 e. The molecule has 2 aromatic carbocycles. The Morgan fingerprint density at radius 3 is 2.35 bits per heavy atom. The van der Waals surface area contributed by atoms with Crippen LogP contribution in [0.1, 0.15) is 62.3 Å². The van der Waals surface area contributed by atoms with Crippen LogP contribution in [0.2, 0.25) is 0 Å². The monoisotopic (exact) mass is 414 g/mol. The van der Waals surface area contributed by atoms with Gasteiger partial charge in [-0.3, -0.25) is 4.90 Å². The standard InChI is InChI=1S/C27H34N4/c1-2-6-21(7-3-1)27(12-15-28-16-13-27)14-17-31-22-10-11-23(31)19-20(18-22)26-29-24-8-4-5-9-25(24)30-26/h1-9,20,22-23,28H,10-19H2,(H,29,30). The first-order valence-corrected chi connectivity index (χ1v) is 12.3. The van der Waals surface area contributed by atoms with Crippen LogP contribution in [0.15, 0.2) is 54.6 Å². The third-order valence-electron chi connectivity index (χ3n) is 8.47. The molecule has 0 radical (unpaired) electrons. The first kappa shape index (κ1) is 19.5. The number of benzene rings is 2. The van der Waals surface area contributed by atoms with Gasteiger partial charge >= 0.3 is 0 Å². The zero-order valence-corrected chi connectivity index (χ0v) is 18.4. The van der Waals surface area contributed by atoms with E-state index in [0.29, 0.717) is 11.3 Å². The Morgan fingerprint density at radius 2 is 1.61 bits per heavy atom. The van der Waals surface area contributed by atoms with Gasteiger partial charge in [-0.15, -0.1) is 0 Å². The van der Waals surface area contributed by atoms with Crippen molar-refractivity contribution in [2.24, 2.45) is 0 Å². The summed E-state index contributed by atoms with van der Waals surface area (Å²) in [5, 5.41) is 3.59. The van der Waals surface area contributed by atoms with Crippen LogP contribution in [0, 0.1) is 0 Å². The third-order valence-corrected chi connectivity index (χ3v) is 8.47. The van der Waals surface area contributed by atoms with Crippen LogP contribution in [0.3, 0.4) is 0 Å². The van der Waals surface area contributed by atoms with Crippen molar-refractivity contribution in [3.63, 3.8) is 0 Å². The van der Waals surface area contributed by atoms with Gasteiger partial charge in [0.15, 0.2) is 0 Å². The van der Waals surface area contributed by atoms with Gasteiger partial charge in [0, 0.05) is 18.0 Å². The van der Waals surface area contributed by atoms with Crippen molar-refractivity contribution >= 4 is 11.0 Å². The number of fused-ring (bicyclic) bond motifs is 3. The summed E-state index contributed by atoms with van der Waals surface area (Å²) in [5.41, 5.74) is 4.20. The molecule has 0 saturated carbocycles. The molecule has 3 aliphatic rings. The number of aromatic nitrogens is 2. The van der Waals surface area contributed by atoms with E-state index in [0.717, 1.165) is 30.7 Å². The number of imidazole rings is 1. The minimum atomic E-state index is 0.349. The van der Waals surface area contributed by atoms with Gasteiger partial charge in [0.05, 0.1) is 11.0 Å². The summed E-state index contributed by atoms with van der Waals surface area (Å²) in [7, 11) is 0. The van der Waals surface area contributed by atoms with E-state index in [1.54, 1.807) is 5.56 Å². The Labute approximate surface area is 185 Å². The van der Waals surface area contributed by atoms with E-state index >= 15 is 0 Å². The van der Waals surface area contributed by atoms with Crippen molar-refractivity contribution in [2.45, 2.75) is 68.4 Å². The predicted octanol–water partition coefficient (Wildman–Crippen LogP) is 4.98. The topological polar surface area (TPSA) is 44.0 Å². The summed E-state index contributed by atoms with van der Waals surface area (Å²) in [6.45, 7) is 3.54. The van der Waals surface area contributed by atoms with E-state index in [4.69, 9.17) is 4.98 Å². The Morgan fingerprint density at radius 1 is 0.903 bits per heavy atom. The van der Waals surface area contributed by atoms with Crippen LogP contribution in [-0.4, -0.2) is 46.6 Å². The fraction of sp³-hybridized carbons (Fsp3) is 0.519. The molecule has 1 aromatic heterocycles. The highest BCUT2D eigenvalue weighted by Crippen LogP contribution is 2.44. The van der Waals surface area contributed by atoms with Crippen molar-refractivity contribution in [2.75, 3.05) is 19.6 Å². The van der Waals surface area contributed by atoms with Crippen molar-refractivity contribution in [3.8, 4) is 0 Å². The Hall–Kier alpha value is -2.17. The molecule has 0 amide bonds. The Kier molecular flexibility index (Phi) is 5.08. The van der Waals surface area contributed by atoms with Crippen molar-refractivity contribution in [1.82, 2.24) is 20.2 Å². The van der Waals surface area contributed by atoms with Crippen molar-refractivity contribution in [3.05, 3.63) is 66.0 Å². The summed E-state index contributed by atoms with van der Waals surface area (Å²) in [6.07, 6.45) is 9.07. The van der Waals surface area contributed by atoms with Gasteiger partial charge in [0.25, 0.3) is 0 Å². The van der Waals surface area contributed by atoms with Gasteiger partial charge in [-0.2, -0.15) is 0 Å². The summed E-state index contributed by atoms with van der Waals surface area (Å²) in [6, 6.07) is 21.3. The second-order valence-corrected chi connectivity index (χ2v) is 10.1. The highest BCUT2D eigenvalue weighted by molar-refractivity contribution is 5.74. The maximum absolute atomic E-state index is 4.95. The second kappa shape index (κ2) is 8.07. The number of nitrogens with zero attached hydrogens (tertiary/aromatic N) is 2.